The molecule has 76 valence electrons. The van der Waals surface area contributed by atoms with E-state index < -0.39 is 0 Å². The van der Waals surface area contributed by atoms with Gasteiger partial charge in [-0.3, -0.25) is 4.79 Å². The quantitative estimate of drug-likeness (QED) is 0.706. The lowest BCUT2D eigenvalue weighted by Crippen LogP contribution is -2.05. The van der Waals surface area contributed by atoms with E-state index in [1.54, 1.807) is 6.07 Å². The number of hydrogen-bond donors (Lipinski definition) is 1. The van der Waals surface area contributed by atoms with Crippen LogP contribution < -0.4 is 10.3 Å². The number of pyridine rings is 1. The summed E-state index contributed by atoms with van der Waals surface area (Å²) in [5.74, 6) is 0.946. The molecule has 1 aromatic carbocycles. The SMILES string of the molecule is CC1Cc2c(ccc3[nH]c(=O)ccc23)O1. The summed E-state index contributed by atoms with van der Waals surface area (Å²) in [4.78, 5) is 14.0. The van der Waals surface area contributed by atoms with Crippen LogP contribution in [0.1, 0.15) is 12.5 Å². The molecule has 0 spiro atoms. The van der Waals surface area contributed by atoms with E-state index >= 15 is 0 Å². The number of aromatic nitrogens is 1. The van der Waals surface area contributed by atoms with Gasteiger partial charge in [0.25, 0.3) is 0 Å². The van der Waals surface area contributed by atoms with Crippen LogP contribution in [0.5, 0.6) is 5.75 Å². The topological polar surface area (TPSA) is 42.1 Å². The molecule has 15 heavy (non-hydrogen) atoms. The molecule has 0 saturated heterocycles. The van der Waals surface area contributed by atoms with Crippen molar-refractivity contribution in [2.75, 3.05) is 0 Å². The number of benzene rings is 1. The summed E-state index contributed by atoms with van der Waals surface area (Å²) in [6.07, 6.45) is 1.15. The molecule has 1 aliphatic heterocycles. The first-order valence-electron chi connectivity index (χ1n) is 5.05. The van der Waals surface area contributed by atoms with Gasteiger partial charge in [0.05, 0.1) is 0 Å². The normalized spacial score (nSPS) is 18.9. The number of ether oxygens (including phenoxy) is 1. The summed E-state index contributed by atoms with van der Waals surface area (Å²) >= 11 is 0. The van der Waals surface area contributed by atoms with Crippen LogP contribution in [0.3, 0.4) is 0 Å². The van der Waals surface area contributed by atoms with Gasteiger partial charge in [-0.05, 0) is 25.1 Å². The predicted octanol–water partition coefficient (Wildman–Crippen LogP) is 1.85. The second-order valence-corrected chi connectivity index (χ2v) is 3.96. The van der Waals surface area contributed by atoms with Crippen LogP contribution in [0.25, 0.3) is 10.9 Å². The maximum atomic E-state index is 11.2. The van der Waals surface area contributed by atoms with E-state index in [0.717, 1.165) is 23.1 Å². The second-order valence-electron chi connectivity index (χ2n) is 3.96. The fourth-order valence-electron chi connectivity index (χ4n) is 2.14. The molecule has 1 aliphatic rings. The van der Waals surface area contributed by atoms with E-state index in [4.69, 9.17) is 4.74 Å². The molecule has 1 unspecified atom stereocenters. The van der Waals surface area contributed by atoms with Crippen LogP contribution in [-0.2, 0) is 6.42 Å². The molecule has 3 rings (SSSR count). The van der Waals surface area contributed by atoms with Crippen LogP contribution in [0.2, 0.25) is 0 Å². The van der Waals surface area contributed by atoms with E-state index in [-0.39, 0.29) is 11.7 Å². The van der Waals surface area contributed by atoms with Gasteiger partial charge >= 0.3 is 0 Å². The first kappa shape index (κ1) is 8.53. The third-order valence-electron chi connectivity index (χ3n) is 2.79. The molecule has 0 radical (unpaired) electrons. The van der Waals surface area contributed by atoms with Crippen LogP contribution in [-0.4, -0.2) is 11.1 Å². The van der Waals surface area contributed by atoms with Crippen molar-refractivity contribution in [1.29, 1.82) is 0 Å². The minimum atomic E-state index is -0.0607. The van der Waals surface area contributed by atoms with Gasteiger partial charge in [-0.1, -0.05) is 0 Å². The Morgan fingerprint density at radius 1 is 1.33 bits per heavy atom. The molecule has 2 aromatic rings. The minimum absolute atomic E-state index is 0.0607. The molecule has 0 bridgehead atoms. The molecule has 0 fully saturated rings. The van der Waals surface area contributed by atoms with E-state index in [1.165, 1.54) is 5.56 Å². The smallest absolute Gasteiger partial charge is 0.248 e. The van der Waals surface area contributed by atoms with Gasteiger partial charge in [0.1, 0.15) is 11.9 Å². The highest BCUT2D eigenvalue weighted by Crippen LogP contribution is 2.33. The summed E-state index contributed by atoms with van der Waals surface area (Å²) in [6, 6.07) is 7.25. The number of fused-ring (bicyclic) bond motifs is 3. The zero-order valence-electron chi connectivity index (χ0n) is 8.41. The molecule has 1 aromatic heterocycles. The molecule has 0 amide bonds. The van der Waals surface area contributed by atoms with Crippen LogP contribution in [0.4, 0.5) is 0 Å². The fraction of sp³-hybridized carbons (Fsp3) is 0.250. The first-order chi connectivity index (χ1) is 7.24. The zero-order valence-corrected chi connectivity index (χ0v) is 8.41. The Morgan fingerprint density at radius 2 is 2.20 bits per heavy atom. The molecule has 0 aliphatic carbocycles. The van der Waals surface area contributed by atoms with Crippen molar-refractivity contribution >= 4 is 10.9 Å². The molecule has 1 atom stereocenters. The number of rotatable bonds is 0. The average molecular weight is 201 g/mol. The van der Waals surface area contributed by atoms with Gasteiger partial charge in [0, 0.05) is 29.0 Å². The van der Waals surface area contributed by atoms with Gasteiger partial charge in [-0.25, -0.2) is 0 Å². The Balaban J connectivity index is 2.35. The van der Waals surface area contributed by atoms with Gasteiger partial charge in [0.2, 0.25) is 5.56 Å². The Labute approximate surface area is 86.7 Å². The average Bonchev–Trinajstić information content (AvgIpc) is 2.58. The minimum Gasteiger partial charge on any atom is -0.490 e. The molecule has 0 saturated carbocycles. The molecule has 1 N–H and O–H groups in total. The Bertz CT molecular complexity index is 586. The van der Waals surface area contributed by atoms with Crippen LogP contribution in [0.15, 0.2) is 29.1 Å². The zero-order chi connectivity index (χ0) is 10.4. The maximum Gasteiger partial charge on any atom is 0.248 e. The van der Waals surface area contributed by atoms with Crippen LogP contribution in [0, 0.1) is 0 Å². The molecule has 3 heteroatoms. The van der Waals surface area contributed by atoms with Crippen molar-refractivity contribution in [3.8, 4) is 5.75 Å². The van der Waals surface area contributed by atoms with Crippen LogP contribution >= 0.6 is 0 Å². The van der Waals surface area contributed by atoms with E-state index in [2.05, 4.69) is 11.9 Å². The summed E-state index contributed by atoms with van der Waals surface area (Å²) in [7, 11) is 0. The van der Waals surface area contributed by atoms with E-state index in [1.807, 2.05) is 18.2 Å². The molecule has 2 heterocycles. The van der Waals surface area contributed by atoms with Crippen molar-refractivity contribution in [3.63, 3.8) is 0 Å². The number of H-pyrrole nitrogens is 1. The highest BCUT2D eigenvalue weighted by molar-refractivity contribution is 5.84. The van der Waals surface area contributed by atoms with E-state index in [0.29, 0.717) is 0 Å². The Hall–Kier alpha value is -1.77. The number of nitrogens with one attached hydrogen (secondary N) is 1. The highest BCUT2D eigenvalue weighted by atomic mass is 16.5. The lowest BCUT2D eigenvalue weighted by atomic mass is 10.0. The van der Waals surface area contributed by atoms with Crippen molar-refractivity contribution < 1.29 is 4.74 Å². The summed E-state index contributed by atoms with van der Waals surface area (Å²) in [5.41, 5.74) is 2.03. The largest absolute Gasteiger partial charge is 0.490 e. The summed E-state index contributed by atoms with van der Waals surface area (Å²) in [5, 5.41) is 1.09. The molecular formula is C12H11NO2. The maximum absolute atomic E-state index is 11.2. The monoisotopic (exact) mass is 201 g/mol. The van der Waals surface area contributed by atoms with Crippen molar-refractivity contribution in [2.45, 2.75) is 19.4 Å². The number of hydrogen-bond acceptors (Lipinski definition) is 2. The third kappa shape index (κ3) is 1.23. The van der Waals surface area contributed by atoms with Gasteiger partial charge in [0.15, 0.2) is 0 Å². The lowest BCUT2D eigenvalue weighted by molar-refractivity contribution is 0.254. The number of aromatic amines is 1. The summed E-state index contributed by atoms with van der Waals surface area (Å²) in [6.45, 7) is 2.05. The fourth-order valence-corrected chi connectivity index (χ4v) is 2.14. The lowest BCUT2D eigenvalue weighted by Gasteiger charge is -2.03. The van der Waals surface area contributed by atoms with Crippen molar-refractivity contribution in [3.05, 3.63) is 40.2 Å². The van der Waals surface area contributed by atoms with Crippen molar-refractivity contribution in [2.24, 2.45) is 0 Å². The van der Waals surface area contributed by atoms with Gasteiger partial charge in [-0.15, -0.1) is 0 Å². The standard InChI is InChI=1S/C12H11NO2/c1-7-6-9-8-2-5-12(14)13-10(8)3-4-11(9)15-7/h2-5,7H,6H2,1H3,(H,13,14). The third-order valence-corrected chi connectivity index (χ3v) is 2.79. The van der Waals surface area contributed by atoms with Crippen molar-refractivity contribution in [1.82, 2.24) is 4.98 Å². The molecular weight excluding hydrogens is 190 g/mol. The highest BCUT2D eigenvalue weighted by Gasteiger charge is 2.20. The predicted molar refractivity (Wildman–Crippen MR) is 58.4 cm³/mol. The second kappa shape index (κ2) is 2.86. The van der Waals surface area contributed by atoms with E-state index in [9.17, 15) is 4.79 Å². The van der Waals surface area contributed by atoms with Gasteiger partial charge < -0.3 is 9.72 Å². The molecule has 3 nitrogen and oxygen atoms in total. The first-order valence-corrected chi connectivity index (χ1v) is 5.05. The Kier molecular flexibility index (Phi) is 1.63. The Morgan fingerprint density at radius 3 is 3.07 bits per heavy atom. The van der Waals surface area contributed by atoms with Gasteiger partial charge in [-0.2, -0.15) is 0 Å². The summed E-state index contributed by atoms with van der Waals surface area (Å²) < 4.78 is 5.65.